The number of hydrogen-bond acceptors (Lipinski definition) is 4. The summed E-state index contributed by atoms with van der Waals surface area (Å²) in [6.07, 6.45) is 0.492. The number of benzene rings is 2. The average Bonchev–Trinajstić information content (AvgIpc) is 3.03. The highest BCUT2D eigenvalue weighted by molar-refractivity contribution is 7.92. The predicted octanol–water partition coefficient (Wildman–Crippen LogP) is 3.40. The third-order valence-electron chi connectivity index (χ3n) is 5.16. The summed E-state index contributed by atoms with van der Waals surface area (Å²) in [6, 6.07) is 10.5. The van der Waals surface area contributed by atoms with Crippen LogP contribution in [0.3, 0.4) is 0 Å². The van der Waals surface area contributed by atoms with Gasteiger partial charge in [-0.05, 0) is 74.2 Å². The van der Waals surface area contributed by atoms with Gasteiger partial charge >= 0.3 is 0 Å². The lowest BCUT2D eigenvalue weighted by Gasteiger charge is -2.16. The highest BCUT2D eigenvalue weighted by Crippen LogP contribution is 2.31. The Bertz CT molecular complexity index is 1060. The molecule has 0 spiro atoms. The summed E-state index contributed by atoms with van der Waals surface area (Å²) in [4.78, 5) is 25.9. The number of rotatable bonds is 5. The number of amides is 2. The van der Waals surface area contributed by atoms with Crippen molar-refractivity contribution in [3.8, 4) is 0 Å². The molecule has 0 fully saturated rings. The van der Waals surface area contributed by atoms with Crippen LogP contribution < -0.4 is 10.2 Å². The first-order valence-electron chi connectivity index (χ1n) is 9.61. The predicted molar refractivity (Wildman–Crippen MR) is 114 cm³/mol. The summed E-state index contributed by atoms with van der Waals surface area (Å²) in [5.41, 5.74) is 4.32. The van der Waals surface area contributed by atoms with Crippen molar-refractivity contribution in [2.75, 3.05) is 16.8 Å². The van der Waals surface area contributed by atoms with Crippen molar-refractivity contribution in [1.82, 2.24) is 0 Å². The van der Waals surface area contributed by atoms with E-state index in [0.717, 1.165) is 22.4 Å². The second-order valence-electron chi connectivity index (χ2n) is 7.70. The quantitative estimate of drug-likeness (QED) is 0.813. The summed E-state index contributed by atoms with van der Waals surface area (Å²) in [5, 5.41) is 1.93. The van der Waals surface area contributed by atoms with Gasteiger partial charge in [0, 0.05) is 31.3 Å². The van der Waals surface area contributed by atoms with Gasteiger partial charge in [-0.3, -0.25) is 9.59 Å². The molecule has 2 amide bonds. The van der Waals surface area contributed by atoms with Crippen LogP contribution in [0.4, 0.5) is 11.4 Å². The second kappa shape index (κ2) is 7.99. The third-order valence-corrected chi connectivity index (χ3v) is 7.30. The van der Waals surface area contributed by atoms with Crippen molar-refractivity contribution in [2.45, 2.75) is 50.7 Å². The van der Waals surface area contributed by atoms with Gasteiger partial charge in [0.2, 0.25) is 11.8 Å². The number of sulfone groups is 1. The van der Waals surface area contributed by atoms with E-state index in [1.165, 1.54) is 13.0 Å². The van der Waals surface area contributed by atoms with E-state index in [9.17, 15) is 18.0 Å². The molecule has 1 N–H and O–H groups in total. The van der Waals surface area contributed by atoms with Gasteiger partial charge < -0.3 is 10.2 Å². The Morgan fingerprint density at radius 1 is 1.10 bits per heavy atom. The molecule has 2 aromatic rings. The largest absolute Gasteiger partial charge is 0.326 e. The fraction of sp³-hybridized carbons (Fsp3) is 0.364. The van der Waals surface area contributed by atoms with Crippen molar-refractivity contribution in [1.29, 1.82) is 0 Å². The van der Waals surface area contributed by atoms with Gasteiger partial charge in [0.15, 0.2) is 9.84 Å². The number of anilines is 2. The zero-order valence-electron chi connectivity index (χ0n) is 17.2. The minimum atomic E-state index is -3.67. The Labute approximate surface area is 171 Å². The molecule has 0 aliphatic carbocycles. The molecular weight excluding hydrogens is 388 g/mol. The molecule has 2 aromatic carbocycles. The lowest BCUT2D eigenvalue weighted by atomic mass is 10.1. The topological polar surface area (TPSA) is 83.6 Å². The van der Waals surface area contributed by atoms with E-state index in [2.05, 4.69) is 5.32 Å². The second-order valence-corrected chi connectivity index (χ2v) is 10.1. The molecule has 1 aliphatic heterocycles. The Morgan fingerprint density at radius 3 is 2.38 bits per heavy atom. The minimum Gasteiger partial charge on any atom is -0.326 e. The standard InChI is InChI=1S/C22H26N2O4S/c1-14-9-15(2)11-19(10-14)23-22(26)12-16(3)29(27,28)20-5-6-21-18(13-20)7-8-24(21)17(4)25/h5-6,9-11,13,16H,7-8,12H2,1-4H3,(H,23,26). The van der Waals surface area contributed by atoms with Crippen molar-refractivity contribution >= 4 is 33.0 Å². The molecule has 0 saturated heterocycles. The molecule has 29 heavy (non-hydrogen) atoms. The molecule has 0 radical (unpaired) electrons. The lowest BCUT2D eigenvalue weighted by Crippen LogP contribution is -2.26. The van der Waals surface area contributed by atoms with E-state index in [4.69, 9.17) is 0 Å². The van der Waals surface area contributed by atoms with Crippen LogP contribution >= 0.6 is 0 Å². The molecule has 3 rings (SSSR count). The molecule has 0 aromatic heterocycles. The van der Waals surface area contributed by atoms with E-state index in [1.54, 1.807) is 24.0 Å². The van der Waals surface area contributed by atoms with Crippen molar-refractivity contribution in [3.05, 3.63) is 53.1 Å². The first-order chi connectivity index (χ1) is 13.6. The maximum atomic E-state index is 13.0. The van der Waals surface area contributed by atoms with Gasteiger partial charge in [0.1, 0.15) is 0 Å². The van der Waals surface area contributed by atoms with E-state index >= 15 is 0 Å². The SMILES string of the molecule is CC(=O)N1CCc2cc(S(=O)(=O)C(C)CC(=O)Nc3cc(C)cc(C)c3)ccc21. The molecular formula is C22H26N2O4S. The van der Waals surface area contributed by atoms with Crippen LogP contribution in [0.2, 0.25) is 0 Å². The van der Waals surface area contributed by atoms with E-state index in [1.807, 2.05) is 32.0 Å². The Kier molecular flexibility index (Phi) is 5.80. The summed E-state index contributed by atoms with van der Waals surface area (Å²) in [7, 11) is -3.67. The van der Waals surface area contributed by atoms with Crippen LogP contribution in [0.5, 0.6) is 0 Å². The normalized spacial score (nSPS) is 14.4. The fourth-order valence-electron chi connectivity index (χ4n) is 3.74. The number of fused-ring (bicyclic) bond motifs is 1. The van der Waals surface area contributed by atoms with Crippen LogP contribution in [-0.4, -0.2) is 32.0 Å². The highest BCUT2D eigenvalue weighted by atomic mass is 32.2. The number of nitrogens with zero attached hydrogens (tertiary/aromatic N) is 1. The monoisotopic (exact) mass is 414 g/mol. The zero-order chi connectivity index (χ0) is 21.3. The van der Waals surface area contributed by atoms with Crippen LogP contribution in [0, 0.1) is 13.8 Å². The number of carbonyl (C=O) groups excluding carboxylic acids is 2. The lowest BCUT2D eigenvalue weighted by molar-refractivity contribution is -0.117. The molecule has 1 aliphatic rings. The Balaban J connectivity index is 1.74. The Morgan fingerprint density at radius 2 is 1.76 bits per heavy atom. The highest BCUT2D eigenvalue weighted by Gasteiger charge is 2.29. The molecule has 1 heterocycles. The maximum absolute atomic E-state index is 13.0. The Hall–Kier alpha value is -2.67. The van der Waals surface area contributed by atoms with E-state index in [-0.39, 0.29) is 23.1 Å². The first-order valence-corrected chi connectivity index (χ1v) is 11.2. The van der Waals surface area contributed by atoms with Gasteiger partial charge in [-0.2, -0.15) is 0 Å². The number of aryl methyl sites for hydroxylation is 2. The van der Waals surface area contributed by atoms with Crippen LogP contribution in [-0.2, 0) is 25.8 Å². The van der Waals surface area contributed by atoms with Crippen molar-refractivity contribution in [2.24, 2.45) is 0 Å². The van der Waals surface area contributed by atoms with E-state index < -0.39 is 15.1 Å². The zero-order valence-corrected chi connectivity index (χ0v) is 18.0. The smallest absolute Gasteiger partial charge is 0.225 e. The fourth-order valence-corrected chi connectivity index (χ4v) is 5.14. The third kappa shape index (κ3) is 4.50. The molecule has 0 bridgehead atoms. The summed E-state index contributed by atoms with van der Waals surface area (Å²) in [5.74, 6) is -0.397. The number of carbonyl (C=O) groups is 2. The van der Waals surface area contributed by atoms with Crippen LogP contribution in [0.1, 0.15) is 37.0 Å². The van der Waals surface area contributed by atoms with Gasteiger partial charge in [-0.25, -0.2) is 8.42 Å². The molecule has 1 unspecified atom stereocenters. The molecule has 7 heteroatoms. The minimum absolute atomic E-state index is 0.0595. The average molecular weight is 415 g/mol. The van der Waals surface area contributed by atoms with Gasteiger partial charge in [-0.15, -0.1) is 0 Å². The summed E-state index contributed by atoms with van der Waals surface area (Å²) >= 11 is 0. The maximum Gasteiger partial charge on any atom is 0.225 e. The number of hydrogen-bond donors (Lipinski definition) is 1. The van der Waals surface area contributed by atoms with Crippen molar-refractivity contribution in [3.63, 3.8) is 0 Å². The van der Waals surface area contributed by atoms with Crippen LogP contribution in [0.15, 0.2) is 41.3 Å². The van der Waals surface area contributed by atoms with Crippen LogP contribution in [0.25, 0.3) is 0 Å². The van der Waals surface area contributed by atoms with Gasteiger partial charge in [-0.1, -0.05) is 6.07 Å². The molecule has 6 nitrogen and oxygen atoms in total. The first kappa shape index (κ1) is 21.0. The molecule has 154 valence electrons. The van der Waals surface area contributed by atoms with Gasteiger partial charge in [0.05, 0.1) is 10.1 Å². The van der Waals surface area contributed by atoms with Gasteiger partial charge in [0.25, 0.3) is 0 Å². The van der Waals surface area contributed by atoms with E-state index in [0.29, 0.717) is 18.7 Å². The molecule has 0 saturated carbocycles. The van der Waals surface area contributed by atoms with Crippen molar-refractivity contribution < 1.29 is 18.0 Å². The number of nitrogens with one attached hydrogen (secondary N) is 1. The molecule has 1 atom stereocenters. The summed E-state index contributed by atoms with van der Waals surface area (Å²) < 4.78 is 26.0. The summed E-state index contributed by atoms with van der Waals surface area (Å²) in [6.45, 7) is 7.48.